The van der Waals surface area contributed by atoms with Crippen molar-refractivity contribution >= 4 is 17.8 Å². The van der Waals surface area contributed by atoms with E-state index in [1.165, 1.54) is 0 Å². The largest absolute Gasteiger partial charge is 0.481 e. The number of carbonyl (C=O) groups is 3. The summed E-state index contributed by atoms with van der Waals surface area (Å²) in [7, 11) is 0. The van der Waals surface area contributed by atoms with Gasteiger partial charge in [0.15, 0.2) is 0 Å². The molecule has 1 fully saturated rings. The average molecular weight is 257 g/mol. The van der Waals surface area contributed by atoms with Crippen LogP contribution in [0, 0.1) is 17.3 Å². The van der Waals surface area contributed by atoms with Gasteiger partial charge in [0.25, 0.3) is 0 Å². The third-order valence-corrected chi connectivity index (χ3v) is 3.57. The zero-order chi connectivity index (χ0) is 14.1. The van der Waals surface area contributed by atoms with Gasteiger partial charge in [-0.15, -0.1) is 0 Å². The van der Waals surface area contributed by atoms with Gasteiger partial charge in [0, 0.05) is 0 Å². The number of aliphatic carboxylic acids is 2. The molecule has 6 heteroatoms. The fourth-order valence-electron chi connectivity index (χ4n) is 2.40. The first kappa shape index (κ1) is 14.5. The van der Waals surface area contributed by atoms with Crippen LogP contribution >= 0.6 is 0 Å². The summed E-state index contributed by atoms with van der Waals surface area (Å²) in [6, 6.07) is -0.937. The molecule has 0 heterocycles. The van der Waals surface area contributed by atoms with Gasteiger partial charge in [-0.05, 0) is 11.8 Å². The highest BCUT2D eigenvalue weighted by Gasteiger charge is 2.66. The third-order valence-electron chi connectivity index (χ3n) is 3.57. The summed E-state index contributed by atoms with van der Waals surface area (Å²) in [6.45, 7) is 5.22. The Morgan fingerprint density at radius 3 is 2.11 bits per heavy atom. The van der Waals surface area contributed by atoms with Gasteiger partial charge in [0.2, 0.25) is 5.91 Å². The first-order chi connectivity index (χ1) is 8.23. The van der Waals surface area contributed by atoms with Crippen LogP contribution in [0.5, 0.6) is 0 Å². The molecule has 0 saturated heterocycles. The van der Waals surface area contributed by atoms with Crippen LogP contribution in [0.25, 0.3) is 0 Å². The minimum Gasteiger partial charge on any atom is -0.481 e. The predicted molar refractivity (Wildman–Crippen MR) is 62.9 cm³/mol. The van der Waals surface area contributed by atoms with Gasteiger partial charge in [-0.1, -0.05) is 27.2 Å². The molecule has 0 bridgehead atoms. The Morgan fingerprint density at radius 2 is 1.78 bits per heavy atom. The van der Waals surface area contributed by atoms with Crippen LogP contribution in [0.1, 0.15) is 33.6 Å². The van der Waals surface area contributed by atoms with Gasteiger partial charge in [-0.3, -0.25) is 9.59 Å². The van der Waals surface area contributed by atoms with E-state index in [0.29, 0.717) is 12.8 Å². The number of carboxylic acids is 2. The standard InChI is InChI=1S/C12H19NO5/c1-4-5-6(10(15)16)13-9(14)7-8(11(17)18)12(7,2)3/h6-8H,4-5H2,1-3H3,(H,13,14)(H,15,16)(H,17,18)/t6?,7-,8+/m0/s1. The van der Waals surface area contributed by atoms with E-state index in [2.05, 4.69) is 5.32 Å². The molecule has 1 aliphatic carbocycles. The second kappa shape index (κ2) is 4.96. The lowest BCUT2D eigenvalue weighted by Gasteiger charge is -2.13. The van der Waals surface area contributed by atoms with Crippen LogP contribution in [0.3, 0.4) is 0 Å². The summed E-state index contributed by atoms with van der Waals surface area (Å²) in [5.74, 6) is -3.95. The summed E-state index contributed by atoms with van der Waals surface area (Å²) < 4.78 is 0. The number of rotatable bonds is 6. The Morgan fingerprint density at radius 1 is 1.22 bits per heavy atom. The van der Waals surface area contributed by atoms with E-state index in [1.54, 1.807) is 13.8 Å². The predicted octanol–water partition coefficient (Wildman–Crippen LogP) is 0.713. The van der Waals surface area contributed by atoms with Gasteiger partial charge in [0.05, 0.1) is 11.8 Å². The molecule has 18 heavy (non-hydrogen) atoms. The van der Waals surface area contributed by atoms with Gasteiger partial charge in [0.1, 0.15) is 6.04 Å². The van der Waals surface area contributed by atoms with E-state index < -0.39 is 41.1 Å². The summed E-state index contributed by atoms with van der Waals surface area (Å²) in [5.41, 5.74) is -0.606. The molecule has 1 amide bonds. The van der Waals surface area contributed by atoms with Crippen LogP contribution in [0.4, 0.5) is 0 Å². The van der Waals surface area contributed by atoms with Gasteiger partial charge >= 0.3 is 11.9 Å². The van der Waals surface area contributed by atoms with E-state index >= 15 is 0 Å². The maximum absolute atomic E-state index is 11.9. The topological polar surface area (TPSA) is 104 Å². The first-order valence-corrected chi connectivity index (χ1v) is 5.99. The Kier molecular flexibility index (Phi) is 3.98. The number of carboxylic acid groups (broad SMARTS) is 2. The molecule has 6 nitrogen and oxygen atoms in total. The van der Waals surface area contributed by atoms with Crippen molar-refractivity contribution < 1.29 is 24.6 Å². The Hall–Kier alpha value is -1.59. The molecule has 102 valence electrons. The Labute approximate surface area is 105 Å². The van der Waals surface area contributed by atoms with E-state index in [1.807, 2.05) is 6.92 Å². The number of amides is 1. The zero-order valence-electron chi connectivity index (χ0n) is 10.8. The molecule has 0 aromatic carbocycles. The quantitative estimate of drug-likeness (QED) is 0.650. The summed E-state index contributed by atoms with van der Waals surface area (Å²) >= 11 is 0. The summed E-state index contributed by atoms with van der Waals surface area (Å²) in [5, 5.41) is 20.3. The fourth-order valence-corrected chi connectivity index (χ4v) is 2.40. The number of hydrogen-bond donors (Lipinski definition) is 3. The molecule has 0 aromatic rings. The lowest BCUT2D eigenvalue weighted by atomic mass is 10.1. The SMILES string of the molecule is CCCC(NC(=O)[C@@H]1[C@H](C(=O)O)C1(C)C)C(=O)O. The molecule has 1 saturated carbocycles. The molecule has 0 aliphatic heterocycles. The summed E-state index contributed by atoms with van der Waals surface area (Å²) in [6.07, 6.45) is 0.972. The van der Waals surface area contributed by atoms with Crippen molar-refractivity contribution in [3.8, 4) is 0 Å². The molecule has 3 N–H and O–H groups in total. The van der Waals surface area contributed by atoms with Crippen molar-refractivity contribution in [1.82, 2.24) is 5.32 Å². The van der Waals surface area contributed by atoms with Gasteiger partial charge < -0.3 is 15.5 Å². The van der Waals surface area contributed by atoms with Crippen molar-refractivity contribution in [3.63, 3.8) is 0 Å². The third kappa shape index (κ3) is 2.63. The monoisotopic (exact) mass is 257 g/mol. The molecule has 0 radical (unpaired) electrons. The number of nitrogens with one attached hydrogen (secondary N) is 1. The second-order valence-electron chi connectivity index (χ2n) is 5.30. The van der Waals surface area contributed by atoms with E-state index in [4.69, 9.17) is 10.2 Å². The molecule has 1 aliphatic rings. The van der Waals surface area contributed by atoms with Crippen LogP contribution in [-0.2, 0) is 14.4 Å². The highest BCUT2D eigenvalue weighted by molar-refractivity contribution is 5.93. The van der Waals surface area contributed by atoms with Crippen molar-refractivity contribution in [1.29, 1.82) is 0 Å². The Balaban J connectivity index is 2.67. The van der Waals surface area contributed by atoms with Crippen LogP contribution in [-0.4, -0.2) is 34.1 Å². The maximum Gasteiger partial charge on any atom is 0.326 e. The maximum atomic E-state index is 11.9. The lowest BCUT2D eigenvalue weighted by Crippen LogP contribution is -2.42. The van der Waals surface area contributed by atoms with Gasteiger partial charge in [-0.2, -0.15) is 0 Å². The molecular weight excluding hydrogens is 238 g/mol. The molecule has 1 rings (SSSR count). The minimum atomic E-state index is -1.09. The molecule has 0 spiro atoms. The van der Waals surface area contributed by atoms with Crippen LogP contribution in [0.2, 0.25) is 0 Å². The van der Waals surface area contributed by atoms with Crippen LogP contribution < -0.4 is 5.32 Å². The molecular formula is C12H19NO5. The molecule has 3 atom stereocenters. The van der Waals surface area contributed by atoms with Gasteiger partial charge in [-0.25, -0.2) is 4.79 Å². The number of hydrogen-bond acceptors (Lipinski definition) is 3. The minimum absolute atomic E-state index is 0.339. The van der Waals surface area contributed by atoms with Crippen molar-refractivity contribution in [2.75, 3.05) is 0 Å². The lowest BCUT2D eigenvalue weighted by molar-refractivity contribution is -0.142. The molecule has 1 unspecified atom stereocenters. The first-order valence-electron chi connectivity index (χ1n) is 5.99. The van der Waals surface area contributed by atoms with E-state index in [0.717, 1.165) is 0 Å². The van der Waals surface area contributed by atoms with Crippen molar-refractivity contribution in [2.24, 2.45) is 17.3 Å². The van der Waals surface area contributed by atoms with E-state index in [9.17, 15) is 14.4 Å². The van der Waals surface area contributed by atoms with Crippen molar-refractivity contribution in [2.45, 2.75) is 39.7 Å². The highest BCUT2D eigenvalue weighted by Crippen LogP contribution is 2.58. The normalized spacial score (nSPS) is 26.2. The number of carbonyl (C=O) groups excluding carboxylic acids is 1. The molecule has 0 aromatic heterocycles. The smallest absolute Gasteiger partial charge is 0.326 e. The zero-order valence-corrected chi connectivity index (χ0v) is 10.8. The van der Waals surface area contributed by atoms with E-state index in [-0.39, 0.29) is 0 Å². The highest BCUT2D eigenvalue weighted by atomic mass is 16.4. The fraction of sp³-hybridized carbons (Fsp3) is 0.750. The summed E-state index contributed by atoms with van der Waals surface area (Å²) in [4.78, 5) is 33.7. The average Bonchev–Trinajstić information content (AvgIpc) is 2.81. The van der Waals surface area contributed by atoms with Crippen molar-refractivity contribution in [3.05, 3.63) is 0 Å². The Bertz CT molecular complexity index is 377. The van der Waals surface area contributed by atoms with Crippen LogP contribution in [0.15, 0.2) is 0 Å². The second-order valence-corrected chi connectivity index (χ2v) is 5.30.